The van der Waals surface area contributed by atoms with Gasteiger partial charge in [-0.15, -0.1) is 0 Å². The zero-order valence-corrected chi connectivity index (χ0v) is 31.0. The summed E-state index contributed by atoms with van der Waals surface area (Å²) in [6.07, 6.45) is 0. The monoisotopic (exact) mass is 751 g/mol. The summed E-state index contributed by atoms with van der Waals surface area (Å²) in [5.41, 5.74) is 9.53. The number of hydrogen-bond donors (Lipinski definition) is 0. The van der Waals surface area contributed by atoms with Crippen molar-refractivity contribution in [3.8, 4) is 92.5 Å². The minimum Gasteiger partial charge on any atom is -0.308 e. The third kappa shape index (κ3) is 6.54. The van der Waals surface area contributed by atoms with Crippen molar-refractivity contribution in [1.29, 1.82) is 26.3 Å². The second-order valence-electron chi connectivity index (χ2n) is 13.7. The van der Waals surface area contributed by atoms with Crippen molar-refractivity contribution in [2.45, 2.75) is 0 Å². The lowest BCUT2D eigenvalue weighted by molar-refractivity contribution is 1.06. The van der Waals surface area contributed by atoms with Crippen LogP contribution in [0.4, 0.5) is 0 Å². The first-order chi connectivity index (χ1) is 29.0. The lowest BCUT2D eigenvalue weighted by Crippen LogP contribution is -2.04. The maximum absolute atomic E-state index is 10.2. The van der Waals surface area contributed by atoms with Crippen LogP contribution in [0.2, 0.25) is 0 Å². The SMILES string of the molecule is N#Cc1cc(C#N)cc(-c2ccc3c(c2)c2cc(-c4cc(C#N)cc(C#N)c4)ccc2n3-c2ccc(C#N)cc2-c2nc(-c3ccccc3)nc(-c3ccccc3)n2)c1. The van der Waals surface area contributed by atoms with E-state index in [4.69, 9.17) is 15.0 Å². The molecule has 9 heteroatoms. The minimum absolute atomic E-state index is 0.374. The zero-order valence-electron chi connectivity index (χ0n) is 31.0. The molecule has 270 valence electrons. The summed E-state index contributed by atoms with van der Waals surface area (Å²) in [5, 5.41) is 51.0. The van der Waals surface area contributed by atoms with Gasteiger partial charge in [-0.2, -0.15) is 26.3 Å². The Bertz CT molecular complexity index is 3130. The highest BCUT2D eigenvalue weighted by atomic mass is 15.1. The number of aromatic nitrogens is 4. The molecule has 0 fully saturated rings. The Morgan fingerprint density at radius 2 is 0.763 bits per heavy atom. The van der Waals surface area contributed by atoms with Gasteiger partial charge in [0.1, 0.15) is 0 Å². The average Bonchev–Trinajstić information content (AvgIpc) is 3.64. The van der Waals surface area contributed by atoms with Crippen molar-refractivity contribution in [3.63, 3.8) is 0 Å². The number of fused-ring (bicyclic) bond motifs is 3. The highest BCUT2D eigenvalue weighted by molar-refractivity contribution is 6.12. The van der Waals surface area contributed by atoms with Crippen LogP contribution < -0.4 is 0 Å². The van der Waals surface area contributed by atoms with Crippen LogP contribution >= 0.6 is 0 Å². The van der Waals surface area contributed by atoms with Gasteiger partial charge in [0, 0.05) is 27.5 Å². The van der Waals surface area contributed by atoms with Gasteiger partial charge in [-0.05, 0) is 101 Å². The van der Waals surface area contributed by atoms with Crippen LogP contribution in [0.1, 0.15) is 27.8 Å². The summed E-state index contributed by atoms with van der Waals surface area (Å²) in [6, 6.07) is 57.9. The largest absolute Gasteiger partial charge is 0.308 e. The molecule has 0 atom stereocenters. The molecule has 0 aliphatic heterocycles. The van der Waals surface area contributed by atoms with E-state index in [1.165, 1.54) is 0 Å². The van der Waals surface area contributed by atoms with Crippen molar-refractivity contribution < 1.29 is 0 Å². The molecule has 7 aromatic carbocycles. The van der Waals surface area contributed by atoms with Gasteiger partial charge in [0.05, 0.1) is 74.9 Å². The number of rotatable bonds is 6. The van der Waals surface area contributed by atoms with Crippen molar-refractivity contribution in [1.82, 2.24) is 19.5 Å². The second-order valence-corrected chi connectivity index (χ2v) is 13.7. The van der Waals surface area contributed by atoms with E-state index < -0.39 is 0 Å². The van der Waals surface area contributed by atoms with Gasteiger partial charge in [-0.1, -0.05) is 72.8 Å². The van der Waals surface area contributed by atoms with Gasteiger partial charge in [0.15, 0.2) is 17.5 Å². The summed E-state index contributed by atoms with van der Waals surface area (Å²) in [6.45, 7) is 0. The molecule has 9 aromatic rings. The second kappa shape index (κ2) is 14.8. The lowest BCUT2D eigenvalue weighted by Gasteiger charge is -2.15. The molecular weight excluding hydrogens is 727 g/mol. The van der Waals surface area contributed by atoms with Gasteiger partial charge in [0.25, 0.3) is 0 Å². The van der Waals surface area contributed by atoms with Gasteiger partial charge in [0.2, 0.25) is 0 Å². The van der Waals surface area contributed by atoms with E-state index in [-0.39, 0.29) is 0 Å². The molecule has 2 aromatic heterocycles. The topological polar surface area (TPSA) is 163 Å². The predicted octanol–water partition coefficient (Wildman–Crippen LogP) is 10.7. The van der Waals surface area contributed by atoms with E-state index >= 15 is 0 Å². The van der Waals surface area contributed by atoms with Crippen LogP contribution in [0.25, 0.3) is 83.9 Å². The zero-order chi connectivity index (χ0) is 40.5. The van der Waals surface area contributed by atoms with E-state index in [9.17, 15) is 26.3 Å². The van der Waals surface area contributed by atoms with Gasteiger partial charge in [-0.3, -0.25) is 0 Å². The lowest BCUT2D eigenvalue weighted by atomic mass is 9.97. The summed E-state index contributed by atoms with van der Waals surface area (Å²) < 4.78 is 2.11. The average molecular weight is 752 g/mol. The van der Waals surface area contributed by atoms with E-state index in [2.05, 4.69) is 34.9 Å². The Hall–Kier alpha value is -9.20. The number of hydrogen-bond acceptors (Lipinski definition) is 8. The van der Waals surface area contributed by atoms with Crippen LogP contribution in [-0.2, 0) is 0 Å². The first-order valence-corrected chi connectivity index (χ1v) is 18.4. The third-order valence-electron chi connectivity index (χ3n) is 10.1. The van der Waals surface area contributed by atoms with Crippen LogP contribution in [0.15, 0.2) is 152 Å². The fraction of sp³-hybridized carbons (Fsp3) is 0. The van der Waals surface area contributed by atoms with Crippen molar-refractivity contribution >= 4 is 21.8 Å². The highest BCUT2D eigenvalue weighted by Gasteiger charge is 2.21. The van der Waals surface area contributed by atoms with Crippen molar-refractivity contribution in [2.24, 2.45) is 0 Å². The first kappa shape index (κ1) is 35.5. The van der Waals surface area contributed by atoms with Gasteiger partial charge >= 0.3 is 0 Å². The molecule has 0 aliphatic rings. The standard InChI is InChI=1S/C50H25N9/c51-26-31-11-14-47(44(23-31)50-57-48(36-7-3-1-4-8-36)56-49(58-50)37-9-5-2-6-10-37)59-45-15-12-38(40-19-32(27-52)17-33(20-40)28-53)24-42(45)43-25-39(13-16-46(43)59)41-21-34(29-54)18-35(22-41)30-55/h1-25H. The molecule has 0 unspecified atom stereocenters. The molecule has 0 saturated carbocycles. The molecule has 0 aliphatic carbocycles. The maximum atomic E-state index is 10.2. The highest BCUT2D eigenvalue weighted by Crippen LogP contribution is 2.40. The smallest absolute Gasteiger partial charge is 0.166 e. The molecule has 9 rings (SSSR count). The minimum atomic E-state index is 0.374. The normalized spacial score (nSPS) is 10.6. The Labute approximate surface area is 338 Å². The van der Waals surface area contributed by atoms with E-state index in [0.29, 0.717) is 67.7 Å². The molecule has 2 heterocycles. The van der Waals surface area contributed by atoms with E-state index in [1.54, 1.807) is 48.5 Å². The van der Waals surface area contributed by atoms with Crippen LogP contribution in [0.3, 0.4) is 0 Å². The van der Waals surface area contributed by atoms with Crippen LogP contribution in [0, 0.1) is 56.7 Å². The molecule has 0 radical (unpaired) electrons. The van der Waals surface area contributed by atoms with E-state index in [1.807, 2.05) is 103 Å². The summed E-state index contributed by atoms with van der Waals surface area (Å²) >= 11 is 0. The van der Waals surface area contributed by atoms with Crippen LogP contribution in [0.5, 0.6) is 0 Å². The predicted molar refractivity (Wildman–Crippen MR) is 225 cm³/mol. The van der Waals surface area contributed by atoms with Gasteiger partial charge < -0.3 is 4.57 Å². The summed E-state index contributed by atoms with van der Waals surface area (Å²) in [7, 11) is 0. The summed E-state index contributed by atoms with van der Waals surface area (Å²) in [5.74, 6) is 1.33. The Morgan fingerprint density at radius 1 is 0.339 bits per heavy atom. The van der Waals surface area contributed by atoms with Gasteiger partial charge in [-0.25, -0.2) is 15.0 Å². The fourth-order valence-electron chi connectivity index (χ4n) is 7.40. The third-order valence-corrected chi connectivity index (χ3v) is 10.1. The molecular formula is C50H25N9. The molecule has 0 saturated heterocycles. The summed E-state index contributed by atoms with van der Waals surface area (Å²) in [4.78, 5) is 14.9. The quantitative estimate of drug-likeness (QED) is 0.162. The molecule has 9 nitrogen and oxygen atoms in total. The molecule has 59 heavy (non-hydrogen) atoms. The first-order valence-electron chi connectivity index (χ1n) is 18.4. The Morgan fingerprint density at radius 3 is 1.19 bits per heavy atom. The number of nitriles is 5. The fourth-order valence-corrected chi connectivity index (χ4v) is 7.40. The number of nitrogens with zero attached hydrogens (tertiary/aromatic N) is 9. The maximum Gasteiger partial charge on any atom is 0.166 e. The molecule has 0 spiro atoms. The Balaban J connectivity index is 1.34. The Kier molecular flexibility index (Phi) is 8.90. The van der Waals surface area contributed by atoms with Crippen LogP contribution in [-0.4, -0.2) is 19.5 Å². The molecule has 0 bridgehead atoms. The molecule has 0 N–H and O–H groups in total. The number of benzene rings is 7. The van der Waals surface area contributed by atoms with E-state index in [0.717, 1.165) is 44.1 Å². The van der Waals surface area contributed by atoms with Crippen molar-refractivity contribution in [2.75, 3.05) is 0 Å². The van der Waals surface area contributed by atoms with Crippen molar-refractivity contribution in [3.05, 3.63) is 179 Å². The molecule has 0 amide bonds.